The molecule has 2 amide bonds. The number of para-hydroxylation sites is 1. The highest BCUT2D eigenvalue weighted by molar-refractivity contribution is 5.96. The third-order valence-electron chi connectivity index (χ3n) is 5.85. The van der Waals surface area contributed by atoms with Crippen molar-refractivity contribution in [2.75, 3.05) is 25.1 Å². The number of nitrogens with zero attached hydrogens (tertiary/aromatic N) is 2. The standard InChI is InChI=1S/C26H26N4O3.ClH/c1-33-24(31)15-16-29-17-23(30(26(29)32)22-5-3-2-4-6-22)20-11-7-18(8-12-20)19-9-13-21(14-10-19)25(27)28;/h2-14,23H,15-17H2,1H3,(H3,27,28);1H. The lowest BCUT2D eigenvalue weighted by Gasteiger charge is -2.24. The Hall–Kier alpha value is -3.84. The van der Waals surface area contributed by atoms with Gasteiger partial charge in [0, 0.05) is 24.3 Å². The van der Waals surface area contributed by atoms with Crippen molar-refractivity contribution in [3.63, 3.8) is 0 Å². The van der Waals surface area contributed by atoms with Gasteiger partial charge >= 0.3 is 12.0 Å². The van der Waals surface area contributed by atoms with E-state index < -0.39 is 0 Å². The number of urea groups is 1. The fraction of sp³-hybridized carbons (Fsp3) is 0.192. The molecule has 0 radical (unpaired) electrons. The van der Waals surface area contributed by atoms with E-state index in [0.29, 0.717) is 18.7 Å². The SMILES string of the molecule is COC(=O)CCN1CC(c2ccc(-c3ccc(C(=N)N)cc3)cc2)N(c2ccccc2)C1=O.Cl. The minimum absolute atomic E-state index is 0. The predicted octanol–water partition coefficient (Wildman–Crippen LogP) is 4.61. The Morgan fingerprint density at radius 2 is 1.59 bits per heavy atom. The average molecular weight is 479 g/mol. The molecule has 1 atom stereocenters. The summed E-state index contributed by atoms with van der Waals surface area (Å²) in [5.41, 5.74) is 10.1. The van der Waals surface area contributed by atoms with E-state index in [2.05, 4.69) is 0 Å². The second-order valence-corrected chi connectivity index (χ2v) is 7.89. The van der Waals surface area contributed by atoms with Crippen molar-refractivity contribution in [3.8, 4) is 11.1 Å². The van der Waals surface area contributed by atoms with Gasteiger partial charge in [0.25, 0.3) is 0 Å². The van der Waals surface area contributed by atoms with Crippen molar-refractivity contribution in [3.05, 3.63) is 90.0 Å². The molecule has 7 nitrogen and oxygen atoms in total. The van der Waals surface area contributed by atoms with Gasteiger partial charge in [-0.05, 0) is 28.8 Å². The quantitative estimate of drug-likeness (QED) is 0.294. The van der Waals surface area contributed by atoms with E-state index >= 15 is 0 Å². The number of methoxy groups -OCH3 is 1. The molecule has 1 heterocycles. The summed E-state index contributed by atoms with van der Waals surface area (Å²) in [6.07, 6.45) is 0.160. The van der Waals surface area contributed by atoms with Crippen molar-refractivity contribution in [1.82, 2.24) is 4.90 Å². The zero-order valence-corrected chi connectivity index (χ0v) is 19.6. The van der Waals surface area contributed by atoms with Crippen molar-refractivity contribution < 1.29 is 14.3 Å². The molecule has 3 aromatic rings. The van der Waals surface area contributed by atoms with Crippen LogP contribution < -0.4 is 10.6 Å². The highest BCUT2D eigenvalue weighted by Gasteiger charge is 2.39. The van der Waals surface area contributed by atoms with Crippen LogP contribution in [0.25, 0.3) is 11.1 Å². The molecule has 0 spiro atoms. The Morgan fingerprint density at radius 3 is 2.15 bits per heavy atom. The fourth-order valence-electron chi connectivity index (χ4n) is 4.04. The van der Waals surface area contributed by atoms with Crippen LogP contribution in [0.2, 0.25) is 0 Å². The van der Waals surface area contributed by atoms with Gasteiger partial charge in [0.15, 0.2) is 0 Å². The monoisotopic (exact) mass is 478 g/mol. The Bertz CT molecular complexity index is 1150. The first-order valence-corrected chi connectivity index (χ1v) is 10.7. The van der Waals surface area contributed by atoms with Crippen LogP contribution in [-0.2, 0) is 9.53 Å². The number of nitrogen functional groups attached to an aromatic ring is 1. The maximum absolute atomic E-state index is 13.2. The highest BCUT2D eigenvalue weighted by atomic mass is 35.5. The van der Waals surface area contributed by atoms with E-state index in [1.807, 2.05) is 78.9 Å². The number of nitrogens with two attached hydrogens (primary N) is 1. The topological polar surface area (TPSA) is 99.7 Å². The lowest BCUT2D eigenvalue weighted by Crippen LogP contribution is -2.33. The van der Waals surface area contributed by atoms with Crippen molar-refractivity contribution in [2.45, 2.75) is 12.5 Å². The third kappa shape index (κ3) is 5.21. The first-order valence-electron chi connectivity index (χ1n) is 10.7. The highest BCUT2D eigenvalue weighted by Crippen LogP contribution is 2.35. The second-order valence-electron chi connectivity index (χ2n) is 7.89. The molecule has 0 aromatic heterocycles. The summed E-state index contributed by atoms with van der Waals surface area (Å²) in [5.74, 6) is -0.293. The summed E-state index contributed by atoms with van der Waals surface area (Å²) in [6.45, 7) is 0.795. The first-order chi connectivity index (χ1) is 16.0. The first kappa shape index (κ1) is 24.8. The van der Waals surface area contributed by atoms with Crippen molar-refractivity contribution in [2.24, 2.45) is 5.73 Å². The number of carbonyl (C=O) groups excluding carboxylic acids is 2. The second kappa shape index (κ2) is 10.9. The summed E-state index contributed by atoms with van der Waals surface area (Å²) in [5, 5.41) is 7.54. The number of nitrogens with one attached hydrogen (secondary N) is 1. The molecule has 4 rings (SSSR count). The number of hydrogen-bond donors (Lipinski definition) is 2. The number of anilines is 1. The number of rotatable bonds is 7. The Labute approximate surface area is 205 Å². The molecule has 1 saturated heterocycles. The number of halogens is 1. The van der Waals surface area contributed by atoms with Crippen molar-refractivity contribution in [1.29, 1.82) is 5.41 Å². The van der Waals surface area contributed by atoms with Crippen LogP contribution >= 0.6 is 12.4 Å². The van der Waals surface area contributed by atoms with Gasteiger partial charge in [-0.15, -0.1) is 12.4 Å². The van der Waals surface area contributed by atoms with E-state index in [-0.39, 0.29) is 42.7 Å². The molecule has 0 saturated carbocycles. The zero-order chi connectivity index (χ0) is 23.4. The largest absolute Gasteiger partial charge is 0.469 e. The lowest BCUT2D eigenvalue weighted by atomic mass is 9.99. The molecule has 1 fully saturated rings. The summed E-state index contributed by atoms with van der Waals surface area (Å²) in [7, 11) is 1.35. The summed E-state index contributed by atoms with van der Waals surface area (Å²) < 4.78 is 4.73. The molecule has 3 N–H and O–H groups in total. The van der Waals surface area contributed by atoms with Gasteiger partial charge in [-0.3, -0.25) is 15.1 Å². The van der Waals surface area contributed by atoms with Gasteiger partial charge in [0.1, 0.15) is 5.84 Å². The van der Waals surface area contributed by atoms with E-state index in [4.69, 9.17) is 15.9 Å². The maximum atomic E-state index is 13.2. The van der Waals surface area contributed by atoms with E-state index in [0.717, 1.165) is 22.4 Å². The fourth-order valence-corrected chi connectivity index (χ4v) is 4.04. The van der Waals surface area contributed by atoms with Gasteiger partial charge in [-0.1, -0.05) is 66.7 Å². The summed E-state index contributed by atoms with van der Waals surface area (Å²) in [4.78, 5) is 28.3. The Balaban J connectivity index is 0.00000324. The van der Waals surface area contributed by atoms with Gasteiger partial charge < -0.3 is 15.4 Å². The van der Waals surface area contributed by atoms with Crippen LogP contribution in [0.3, 0.4) is 0 Å². The maximum Gasteiger partial charge on any atom is 0.325 e. The number of ether oxygens (including phenoxy) is 1. The minimum atomic E-state index is -0.336. The minimum Gasteiger partial charge on any atom is -0.469 e. The predicted molar refractivity (Wildman–Crippen MR) is 135 cm³/mol. The van der Waals surface area contributed by atoms with E-state index in [1.54, 1.807) is 9.80 Å². The smallest absolute Gasteiger partial charge is 0.325 e. The molecule has 0 aliphatic carbocycles. The van der Waals surface area contributed by atoms with Crippen molar-refractivity contribution >= 4 is 35.9 Å². The van der Waals surface area contributed by atoms with Gasteiger partial charge in [0.05, 0.1) is 19.6 Å². The van der Waals surface area contributed by atoms with E-state index in [9.17, 15) is 9.59 Å². The van der Waals surface area contributed by atoms with Gasteiger partial charge in [-0.2, -0.15) is 0 Å². The molecule has 1 unspecified atom stereocenters. The van der Waals surface area contributed by atoms with Gasteiger partial charge in [-0.25, -0.2) is 4.79 Å². The number of benzene rings is 3. The number of hydrogen-bond acceptors (Lipinski definition) is 4. The van der Waals surface area contributed by atoms with Crippen LogP contribution in [0.1, 0.15) is 23.6 Å². The summed E-state index contributed by atoms with van der Waals surface area (Å²) in [6, 6.07) is 24.9. The Morgan fingerprint density at radius 1 is 1.00 bits per heavy atom. The number of esters is 1. The van der Waals surface area contributed by atoms with Crippen LogP contribution in [-0.4, -0.2) is 42.9 Å². The molecular formula is C26H27ClN4O3. The normalized spacial score (nSPS) is 15.1. The molecule has 8 heteroatoms. The van der Waals surface area contributed by atoms with E-state index in [1.165, 1.54) is 7.11 Å². The summed E-state index contributed by atoms with van der Waals surface area (Å²) >= 11 is 0. The lowest BCUT2D eigenvalue weighted by molar-refractivity contribution is -0.140. The number of amidine groups is 1. The zero-order valence-electron chi connectivity index (χ0n) is 18.8. The molecule has 34 heavy (non-hydrogen) atoms. The Kier molecular flexibility index (Phi) is 7.91. The third-order valence-corrected chi connectivity index (χ3v) is 5.85. The molecule has 1 aliphatic rings. The van der Waals surface area contributed by atoms with Crippen LogP contribution in [0.4, 0.5) is 10.5 Å². The molecule has 176 valence electrons. The number of carbonyl (C=O) groups is 2. The molecular weight excluding hydrogens is 452 g/mol. The molecule has 1 aliphatic heterocycles. The van der Waals surface area contributed by atoms with Crippen LogP contribution in [0, 0.1) is 5.41 Å². The van der Waals surface area contributed by atoms with Crippen LogP contribution in [0.5, 0.6) is 0 Å². The van der Waals surface area contributed by atoms with Gasteiger partial charge in [0.2, 0.25) is 0 Å². The van der Waals surface area contributed by atoms with Crippen LogP contribution in [0.15, 0.2) is 78.9 Å². The molecule has 3 aromatic carbocycles. The number of amides is 2. The average Bonchev–Trinajstić information content (AvgIpc) is 3.19. The molecule has 0 bridgehead atoms.